The second-order valence-corrected chi connectivity index (χ2v) is 4.69. The molecule has 1 saturated carbocycles. The summed E-state index contributed by atoms with van der Waals surface area (Å²) < 4.78 is 4.87. The standard InChI is InChI=1S/C12H24N2O2/c1-10-4-3-5-11(8-10)14-9-12(15)13-6-7-16-2/h10-11,14H,3-9H2,1-2H3,(H,13,15). The molecule has 0 aliphatic heterocycles. The first-order valence-electron chi connectivity index (χ1n) is 6.21. The summed E-state index contributed by atoms with van der Waals surface area (Å²) in [5.41, 5.74) is 0. The lowest BCUT2D eigenvalue weighted by Gasteiger charge is -2.27. The van der Waals surface area contributed by atoms with E-state index in [1.54, 1.807) is 7.11 Å². The van der Waals surface area contributed by atoms with Gasteiger partial charge in [-0.25, -0.2) is 0 Å². The van der Waals surface area contributed by atoms with E-state index in [4.69, 9.17) is 4.74 Å². The Bertz CT molecular complexity index is 209. The van der Waals surface area contributed by atoms with Crippen molar-refractivity contribution in [2.24, 2.45) is 5.92 Å². The number of nitrogens with one attached hydrogen (secondary N) is 2. The summed E-state index contributed by atoms with van der Waals surface area (Å²) in [5, 5.41) is 6.13. The number of hydrogen-bond acceptors (Lipinski definition) is 3. The van der Waals surface area contributed by atoms with Crippen LogP contribution in [0.4, 0.5) is 0 Å². The Labute approximate surface area is 98.1 Å². The molecule has 4 nitrogen and oxygen atoms in total. The van der Waals surface area contributed by atoms with Gasteiger partial charge in [-0.15, -0.1) is 0 Å². The van der Waals surface area contributed by atoms with Crippen molar-refractivity contribution in [1.82, 2.24) is 10.6 Å². The van der Waals surface area contributed by atoms with Crippen LogP contribution in [0, 0.1) is 5.92 Å². The minimum absolute atomic E-state index is 0.0651. The van der Waals surface area contributed by atoms with Gasteiger partial charge < -0.3 is 15.4 Å². The summed E-state index contributed by atoms with van der Waals surface area (Å²) in [6, 6.07) is 0.525. The maximum Gasteiger partial charge on any atom is 0.234 e. The smallest absolute Gasteiger partial charge is 0.234 e. The molecule has 16 heavy (non-hydrogen) atoms. The van der Waals surface area contributed by atoms with E-state index in [1.165, 1.54) is 25.7 Å². The SMILES string of the molecule is COCCNC(=O)CNC1CCCC(C)C1. The minimum Gasteiger partial charge on any atom is -0.383 e. The second-order valence-electron chi connectivity index (χ2n) is 4.69. The van der Waals surface area contributed by atoms with E-state index in [9.17, 15) is 4.79 Å². The fraction of sp³-hybridized carbons (Fsp3) is 0.917. The van der Waals surface area contributed by atoms with Crippen LogP contribution < -0.4 is 10.6 Å². The second kappa shape index (κ2) is 7.63. The molecule has 0 heterocycles. The van der Waals surface area contributed by atoms with Crippen LogP contribution in [0.2, 0.25) is 0 Å². The average Bonchev–Trinajstić information content (AvgIpc) is 2.27. The number of carbonyl (C=O) groups excluding carboxylic acids is 1. The lowest BCUT2D eigenvalue weighted by atomic mass is 9.87. The van der Waals surface area contributed by atoms with E-state index >= 15 is 0 Å². The number of ether oxygens (including phenoxy) is 1. The van der Waals surface area contributed by atoms with Gasteiger partial charge in [-0.2, -0.15) is 0 Å². The first-order chi connectivity index (χ1) is 7.72. The topological polar surface area (TPSA) is 50.4 Å². The number of rotatable bonds is 6. The van der Waals surface area contributed by atoms with Gasteiger partial charge in [-0.1, -0.05) is 19.8 Å². The van der Waals surface area contributed by atoms with Crippen molar-refractivity contribution in [1.29, 1.82) is 0 Å². The van der Waals surface area contributed by atoms with Crippen molar-refractivity contribution in [3.8, 4) is 0 Å². The molecule has 94 valence electrons. The molecule has 0 spiro atoms. The van der Waals surface area contributed by atoms with Crippen molar-refractivity contribution in [2.75, 3.05) is 26.8 Å². The van der Waals surface area contributed by atoms with Crippen molar-refractivity contribution in [3.63, 3.8) is 0 Å². The van der Waals surface area contributed by atoms with Crippen molar-refractivity contribution >= 4 is 5.91 Å². The highest BCUT2D eigenvalue weighted by Crippen LogP contribution is 2.23. The molecule has 0 aromatic rings. The van der Waals surface area contributed by atoms with Crippen LogP contribution in [0.3, 0.4) is 0 Å². The molecule has 1 fully saturated rings. The summed E-state index contributed by atoms with van der Waals surface area (Å²) in [6.45, 7) is 3.89. The molecule has 2 unspecified atom stereocenters. The molecule has 0 radical (unpaired) electrons. The Kier molecular flexibility index (Phi) is 6.42. The third-order valence-corrected chi connectivity index (χ3v) is 3.12. The Morgan fingerprint density at radius 2 is 2.25 bits per heavy atom. The Morgan fingerprint density at radius 1 is 1.44 bits per heavy atom. The lowest BCUT2D eigenvalue weighted by Crippen LogP contribution is -2.41. The molecule has 2 atom stereocenters. The molecule has 0 aromatic heterocycles. The zero-order valence-electron chi connectivity index (χ0n) is 10.4. The van der Waals surface area contributed by atoms with Crippen LogP contribution in [-0.4, -0.2) is 38.8 Å². The minimum atomic E-state index is 0.0651. The molecule has 1 rings (SSSR count). The van der Waals surface area contributed by atoms with Crippen molar-refractivity contribution in [3.05, 3.63) is 0 Å². The van der Waals surface area contributed by atoms with Gasteiger partial charge in [-0.3, -0.25) is 4.79 Å². The number of carbonyl (C=O) groups is 1. The zero-order valence-corrected chi connectivity index (χ0v) is 10.4. The van der Waals surface area contributed by atoms with Gasteiger partial charge in [0.2, 0.25) is 5.91 Å². The molecule has 1 aliphatic rings. The van der Waals surface area contributed by atoms with Gasteiger partial charge in [0.1, 0.15) is 0 Å². The van der Waals surface area contributed by atoms with E-state index in [2.05, 4.69) is 17.6 Å². The summed E-state index contributed by atoms with van der Waals surface area (Å²) in [5.74, 6) is 0.859. The van der Waals surface area contributed by atoms with E-state index in [1.807, 2.05) is 0 Å². The van der Waals surface area contributed by atoms with E-state index < -0.39 is 0 Å². The average molecular weight is 228 g/mol. The summed E-state index contributed by atoms with van der Waals surface area (Å²) in [6.07, 6.45) is 5.02. The fourth-order valence-corrected chi connectivity index (χ4v) is 2.21. The van der Waals surface area contributed by atoms with E-state index in [0.29, 0.717) is 25.7 Å². The Morgan fingerprint density at radius 3 is 2.94 bits per heavy atom. The molecule has 4 heteroatoms. The van der Waals surface area contributed by atoms with E-state index in [0.717, 1.165) is 5.92 Å². The van der Waals surface area contributed by atoms with Crippen LogP contribution in [0.25, 0.3) is 0 Å². The quantitative estimate of drug-likeness (QED) is 0.665. The van der Waals surface area contributed by atoms with Crippen LogP contribution in [0.5, 0.6) is 0 Å². The molecular formula is C12H24N2O2. The third kappa shape index (κ3) is 5.47. The van der Waals surface area contributed by atoms with Gasteiger partial charge in [0.25, 0.3) is 0 Å². The molecule has 0 aromatic carbocycles. The highest BCUT2D eigenvalue weighted by atomic mass is 16.5. The predicted octanol–water partition coefficient (Wildman–Crippen LogP) is 0.917. The number of methoxy groups -OCH3 is 1. The summed E-state index contributed by atoms with van der Waals surface area (Å²) >= 11 is 0. The number of hydrogen-bond donors (Lipinski definition) is 2. The van der Waals surface area contributed by atoms with Gasteiger partial charge in [-0.05, 0) is 18.8 Å². The zero-order chi connectivity index (χ0) is 11.8. The first kappa shape index (κ1) is 13.5. The van der Waals surface area contributed by atoms with Gasteiger partial charge in [0.05, 0.1) is 13.2 Å². The highest BCUT2D eigenvalue weighted by molar-refractivity contribution is 5.77. The van der Waals surface area contributed by atoms with Gasteiger partial charge in [0.15, 0.2) is 0 Å². The van der Waals surface area contributed by atoms with Crippen molar-refractivity contribution in [2.45, 2.75) is 38.6 Å². The van der Waals surface area contributed by atoms with Crippen LogP contribution >= 0.6 is 0 Å². The summed E-state index contributed by atoms with van der Waals surface area (Å²) in [7, 11) is 1.63. The monoisotopic (exact) mass is 228 g/mol. The normalized spacial score (nSPS) is 25.4. The van der Waals surface area contributed by atoms with E-state index in [-0.39, 0.29) is 5.91 Å². The fourth-order valence-electron chi connectivity index (χ4n) is 2.21. The summed E-state index contributed by atoms with van der Waals surface area (Å²) in [4.78, 5) is 11.4. The highest BCUT2D eigenvalue weighted by Gasteiger charge is 2.18. The molecule has 0 bridgehead atoms. The third-order valence-electron chi connectivity index (χ3n) is 3.12. The molecule has 0 saturated heterocycles. The lowest BCUT2D eigenvalue weighted by molar-refractivity contribution is -0.120. The molecule has 1 aliphatic carbocycles. The maximum atomic E-state index is 11.4. The predicted molar refractivity (Wildman–Crippen MR) is 64.3 cm³/mol. The first-order valence-corrected chi connectivity index (χ1v) is 6.21. The van der Waals surface area contributed by atoms with Crippen LogP contribution in [-0.2, 0) is 9.53 Å². The number of amides is 1. The van der Waals surface area contributed by atoms with Crippen molar-refractivity contribution < 1.29 is 9.53 Å². The van der Waals surface area contributed by atoms with Crippen LogP contribution in [0.15, 0.2) is 0 Å². The van der Waals surface area contributed by atoms with Crippen LogP contribution in [0.1, 0.15) is 32.6 Å². The van der Waals surface area contributed by atoms with Gasteiger partial charge in [0, 0.05) is 19.7 Å². The molecule has 2 N–H and O–H groups in total. The largest absolute Gasteiger partial charge is 0.383 e. The Hall–Kier alpha value is -0.610. The maximum absolute atomic E-state index is 11.4. The Balaban J connectivity index is 2.06. The molecule has 1 amide bonds. The van der Waals surface area contributed by atoms with Gasteiger partial charge >= 0.3 is 0 Å². The molecular weight excluding hydrogens is 204 g/mol.